The number of rotatable bonds is 5. The van der Waals surface area contributed by atoms with E-state index in [0.717, 1.165) is 79.7 Å². The van der Waals surface area contributed by atoms with Crippen LogP contribution in [0.4, 0.5) is 0 Å². The van der Waals surface area contributed by atoms with Gasteiger partial charge in [-0.3, -0.25) is 9.89 Å². The van der Waals surface area contributed by atoms with Gasteiger partial charge in [-0.25, -0.2) is 0 Å². The van der Waals surface area contributed by atoms with Gasteiger partial charge in [-0.2, -0.15) is 5.10 Å². The van der Waals surface area contributed by atoms with Crippen LogP contribution in [0.3, 0.4) is 0 Å². The average molecular weight is 451 g/mol. The Bertz CT molecular complexity index is 1100. The Morgan fingerprint density at radius 1 is 1.18 bits per heavy atom. The van der Waals surface area contributed by atoms with Gasteiger partial charge in [-0.15, -0.1) is 10.2 Å². The normalized spacial score (nSPS) is 19.9. The van der Waals surface area contributed by atoms with Crippen molar-refractivity contribution < 1.29 is 4.79 Å². The lowest BCUT2D eigenvalue weighted by molar-refractivity contribution is -0.134. The van der Waals surface area contributed by atoms with Crippen LogP contribution in [0.2, 0.25) is 0 Å². The third kappa shape index (κ3) is 4.52. The number of fused-ring (bicyclic) bond motifs is 1. The van der Waals surface area contributed by atoms with Crippen molar-refractivity contribution in [2.24, 2.45) is 12.8 Å². The SMILES string of the molecule is Cc1cc(C[C@@H](N)C(=O)N2CCC(N3CCC(c4nncn4C)CC3)CC2)cc2cn[nH]c12. The predicted molar refractivity (Wildman–Crippen MR) is 127 cm³/mol. The smallest absolute Gasteiger partial charge is 0.239 e. The number of piperidine rings is 2. The molecular weight excluding hydrogens is 416 g/mol. The summed E-state index contributed by atoms with van der Waals surface area (Å²) >= 11 is 0. The molecule has 2 saturated heterocycles. The quantitative estimate of drug-likeness (QED) is 0.613. The molecule has 5 rings (SSSR count). The van der Waals surface area contributed by atoms with Crippen LogP contribution < -0.4 is 5.73 Å². The molecule has 4 heterocycles. The molecule has 1 atom stereocenters. The second-order valence-corrected chi connectivity index (χ2v) is 9.72. The van der Waals surface area contributed by atoms with Crippen LogP contribution in [0.1, 0.15) is 48.6 Å². The Kier molecular flexibility index (Phi) is 6.16. The Morgan fingerprint density at radius 3 is 2.64 bits per heavy atom. The second kappa shape index (κ2) is 9.23. The van der Waals surface area contributed by atoms with Crippen molar-refractivity contribution in [3.63, 3.8) is 0 Å². The summed E-state index contributed by atoms with van der Waals surface area (Å²) in [6.07, 6.45) is 8.45. The molecule has 3 N–H and O–H groups in total. The van der Waals surface area contributed by atoms with Crippen molar-refractivity contribution in [1.29, 1.82) is 0 Å². The zero-order chi connectivity index (χ0) is 22.9. The van der Waals surface area contributed by atoms with E-state index in [2.05, 4.69) is 44.4 Å². The van der Waals surface area contributed by atoms with E-state index in [4.69, 9.17) is 5.73 Å². The summed E-state index contributed by atoms with van der Waals surface area (Å²) in [5.74, 6) is 1.67. The predicted octanol–water partition coefficient (Wildman–Crippen LogP) is 1.74. The van der Waals surface area contributed by atoms with Crippen LogP contribution in [0.5, 0.6) is 0 Å². The molecule has 2 aliphatic heterocycles. The average Bonchev–Trinajstić information content (AvgIpc) is 3.48. The first-order chi connectivity index (χ1) is 16.0. The molecule has 0 radical (unpaired) electrons. The molecule has 1 amide bonds. The Balaban J connectivity index is 1.11. The van der Waals surface area contributed by atoms with E-state index in [9.17, 15) is 4.79 Å². The number of nitrogens with zero attached hydrogens (tertiary/aromatic N) is 6. The highest BCUT2D eigenvalue weighted by molar-refractivity contribution is 5.84. The number of likely N-dealkylation sites (tertiary alicyclic amines) is 2. The summed E-state index contributed by atoms with van der Waals surface area (Å²) < 4.78 is 2.04. The van der Waals surface area contributed by atoms with Crippen molar-refractivity contribution in [2.75, 3.05) is 26.2 Å². The third-order valence-corrected chi connectivity index (χ3v) is 7.51. The fraction of sp³-hybridized carbons (Fsp3) is 0.583. The lowest BCUT2D eigenvalue weighted by Crippen LogP contribution is -2.52. The fourth-order valence-corrected chi connectivity index (χ4v) is 5.64. The molecule has 33 heavy (non-hydrogen) atoms. The molecule has 1 aromatic carbocycles. The van der Waals surface area contributed by atoms with Gasteiger partial charge in [0.1, 0.15) is 12.2 Å². The van der Waals surface area contributed by atoms with Gasteiger partial charge in [0.25, 0.3) is 0 Å². The number of aromatic nitrogens is 5. The lowest BCUT2D eigenvalue weighted by Gasteiger charge is -2.42. The summed E-state index contributed by atoms with van der Waals surface area (Å²) in [5.41, 5.74) is 9.62. The van der Waals surface area contributed by atoms with Crippen molar-refractivity contribution >= 4 is 16.8 Å². The molecular formula is C24H34N8O. The van der Waals surface area contributed by atoms with Crippen LogP contribution in [0, 0.1) is 6.92 Å². The van der Waals surface area contributed by atoms with Gasteiger partial charge in [-0.05, 0) is 69.3 Å². The highest BCUT2D eigenvalue weighted by Crippen LogP contribution is 2.29. The van der Waals surface area contributed by atoms with E-state index in [1.165, 1.54) is 0 Å². The van der Waals surface area contributed by atoms with E-state index in [1.54, 1.807) is 6.33 Å². The number of nitrogens with one attached hydrogen (secondary N) is 1. The number of benzene rings is 1. The van der Waals surface area contributed by atoms with Gasteiger partial charge in [0.2, 0.25) is 5.91 Å². The third-order valence-electron chi connectivity index (χ3n) is 7.51. The maximum Gasteiger partial charge on any atom is 0.239 e. The number of H-pyrrole nitrogens is 1. The van der Waals surface area contributed by atoms with Gasteiger partial charge < -0.3 is 20.1 Å². The van der Waals surface area contributed by atoms with Crippen LogP contribution in [0.25, 0.3) is 10.9 Å². The molecule has 9 heteroatoms. The minimum atomic E-state index is -0.507. The number of nitrogens with two attached hydrogens (primary N) is 1. The zero-order valence-electron chi connectivity index (χ0n) is 19.6. The van der Waals surface area contributed by atoms with Gasteiger partial charge >= 0.3 is 0 Å². The number of carbonyl (C=O) groups excluding carboxylic acids is 1. The Labute approximate surface area is 194 Å². The first-order valence-corrected chi connectivity index (χ1v) is 12.0. The van der Waals surface area contributed by atoms with Gasteiger partial charge in [-0.1, -0.05) is 6.07 Å². The molecule has 2 fully saturated rings. The summed E-state index contributed by atoms with van der Waals surface area (Å²) in [7, 11) is 2.02. The minimum Gasteiger partial charge on any atom is -0.341 e. The topological polar surface area (TPSA) is 109 Å². The zero-order valence-corrected chi connectivity index (χ0v) is 19.6. The highest BCUT2D eigenvalue weighted by Gasteiger charge is 2.32. The molecule has 0 saturated carbocycles. The fourth-order valence-electron chi connectivity index (χ4n) is 5.64. The summed E-state index contributed by atoms with van der Waals surface area (Å²) in [5, 5.41) is 16.5. The van der Waals surface area contributed by atoms with E-state index in [0.29, 0.717) is 18.4 Å². The Morgan fingerprint density at radius 2 is 1.94 bits per heavy atom. The molecule has 176 valence electrons. The maximum absolute atomic E-state index is 13.0. The molecule has 0 spiro atoms. The van der Waals surface area contributed by atoms with Gasteiger partial charge in [0.15, 0.2) is 0 Å². The molecule has 9 nitrogen and oxygen atoms in total. The van der Waals surface area contributed by atoms with Crippen molar-refractivity contribution in [1.82, 2.24) is 34.8 Å². The Hall–Kier alpha value is -2.78. The summed E-state index contributed by atoms with van der Waals surface area (Å²) in [4.78, 5) is 17.6. The van der Waals surface area contributed by atoms with Crippen LogP contribution in [-0.4, -0.2) is 78.9 Å². The number of carbonyl (C=O) groups is 1. The van der Waals surface area contributed by atoms with Crippen molar-refractivity contribution in [3.8, 4) is 0 Å². The first-order valence-electron chi connectivity index (χ1n) is 12.0. The standard InChI is InChI=1S/C24H34N8O/c1-16-11-17(12-19-14-26-28-22(16)19)13-21(25)24(33)32-9-5-20(6-10-32)31-7-3-18(4-8-31)23-29-27-15-30(23)2/h11-12,14-15,18,20-21H,3-10,13,25H2,1-2H3,(H,26,28)/t21-/m1/s1. The van der Waals surface area contributed by atoms with Gasteiger partial charge in [0.05, 0.1) is 17.8 Å². The van der Waals surface area contributed by atoms with E-state index in [-0.39, 0.29) is 5.91 Å². The largest absolute Gasteiger partial charge is 0.341 e. The van der Waals surface area contributed by atoms with Crippen molar-refractivity contribution in [2.45, 2.75) is 57.0 Å². The molecule has 2 aliphatic rings. The molecule has 0 bridgehead atoms. The molecule has 0 aliphatic carbocycles. The number of aryl methyl sites for hydroxylation is 2. The van der Waals surface area contributed by atoms with E-state index < -0.39 is 6.04 Å². The van der Waals surface area contributed by atoms with Crippen molar-refractivity contribution in [3.05, 3.63) is 41.6 Å². The van der Waals surface area contributed by atoms with Gasteiger partial charge in [0, 0.05) is 37.5 Å². The first kappa shape index (κ1) is 22.0. The van der Waals surface area contributed by atoms with E-state index >= 15 is 0 Å². The minimum absolute atomic E-state index is 0.0689. The van der Waals surface area contributed by atoms with E-state index in [1.807, 2.05) is 22.7 Å². The molecule has 3 aromatic rings. The van der Waals surface area contributed by atoms with Crippen LogP contribution >= 0.6 is 0 Å². The number of hydrogen-bond acceptors (Lipinski definition) is 6. The maximum atomic E-state index is 13.0. The summed E-state index contributed by atoms with van der Waals surface area (Å²) in [6.45, 7) is 5.82. The number of hydrogen-bond donors (Lipinski definition) is 2. The van der Waals surface area contributed by atoms with Crippen LogP contribution in [-0.2, 0) is 18.3 Å². The molecule has 0 unspecified atom stereocenters. The van der Waals surface area contributed by atoms with Crippen LogP contribution in [0.15, 0.2) is 24.7 Å². The second-order valence-electron chi connectivity index (χ2n) is 9.72. The highest BCUT2D eigenvalue weighted by atomic mass is 16.2. The number of amides is 1. The monoisotopic (exact) mass is 450 g/mol. The lowest BCUT2D eigenvalue weighted by atomic mass is 9.92. The molecule has 2 aromatic heterocycles. The number of aromatic amines is 1. The summed E-state index contributed by atoms with van der Waals surface area (Å²) in [6, 6.07) is 4.23.